The van der Waals surface area contributed by atoms with E-state index in [0.717, 1.165) is 13.1 Å². The van der Waals surface area contributed by atoms with Gasteiger partial charge in [-0.25, -0.2) is 0 Å². The van der Waals surface area contributed by atoms with Crippen molar-refractivity contribution in [2.24, 2.45) is 0 Å². The zero-order chi connectivity index (χ0) is 10.8. The Morgan fingerprint density at radius 2 is 1.87 bits per heavy atom. The first-order chi connectivity index (χ1) is 6.42. The maximum absolute atomic E-state index is 12.2. The summed E-state index contributed by atoms with van der Waals surface area (Å²) in [4.78, 5) is 3.72. The molecule has 2 nitrogen and oxygen atoms in total. The van der Waals surface area contributed by atoms with Gasteiger partial charge in [0.2, 0.25) is 0 Å². The average Bonchev–Trinajstić information content (AvgIpc) is 2.01. The zero-order valence-corrected chi connectivity index (χ0v) is 12.8. The van der Waals surface area contributed by atoms with E-state index in [-0.39, 0.29) is 57.4 Å². The largest absolute Gasteiger partial charge is 1.00 e. The summed E-state index contributed by atoms with van der Waals surface area (Å²) in [6, 6.07) is 0.242. The van der Waals surface area contributed by atoms with Crippen molar-refractivity contribution in [3.63, 3.8) is 0 Å². The Bertz CT molecular complexity index is 191. The van der Waals surface area contributed by atoms with Crippen LogP contribution in [0.3, 0.4) is 0 Å². The van der Waals surface area contributed by atoms with E-state index in [4.69, 9.17) is 0 Å². The number of rotatable bonds is 3. The van der Waals surface area contributed by atoms with Gasteiger partial charge in [0.15, 0.2) is 0 Å². The van der Waals surface area contributed by atoms with Crippen LogP contribution in [0.2, 0.25) is 0 Å². The van der Waals surface area contributed by atoms with E-state index in [2.05, 4.69) is 4.90 Å². The molecule has 1 aliphatic heterocycles. The number of hydrogen-bond donors (Lipinski definition) is 0. The van der Waals surface area contributed by atoms with Crippen molar-refractivity contribution in [3.8, 4) is 0 Å². The summed E-state index contributed by atoms with van der Waals surface area (Å²) in [5.74, 6) is 0. The second-order valence-corrected chi connectivity index (χ2v) is 3.95. The van der Waals surface area contributed by atoms with Crippen LogP contribution in [-0.2, 0) is 0 Å². The molecule has 1 unspecified atom stereocenters. The molecule has 0 amide bonds. The molecule has 1 heterocycles. The molecule has 84 valence electrons. The van der Waals surface area contributed by atoms with E-state index < -0.39 is 13.4 Å². The van der Waals surface area contributed by atoms with Crippen LogP contribution in [-0.4, -0.2) is 55.4 Å². The van der Waals surface area contributed by atoms with Crippen molar-refractivity contribution in [3.05, 3.63) is 0 Å². The molecular weight excluding hydrogens is 231 g/mol. The Balaban J connectivity index is 0.00000196. The van der Waals surface area contributed by atoms with Gasteiger partial charge in [0.1, 0.15) is 0 Å². The third kappa shape index (κ3) is 6.05. The maximum atomic E-state index is 12.2. The summed E-state index contributed by atoms with van der Waals surface area (Å²) < 4.78 is 36.5. The van der Waals surface area contributed by atoms with Gasteiger partial charge in [-0.3, -0.25) is 4.90 Å². The standard InChI is InChI=1S/C8H17BF3N2.K/c1-3-14-5-4-13(6-8(14)2)7-9(10,11)12;/h8H,3-7H2,1-2H3;/q-1;+1. The van der Waals surface area contributed by atoms with Gasteiger partial charge in [-0.05, 0) is 19.9 Å². The maximum Gasteiger partial charge on any atom is 1.00 e. The fourth-order valence-corrected chi connectivity index (χ4v) is 2.00. The molecule has 0 spiro atoms. The molecule has 1 atom stereocenters. The van der Waals surface area contributed by atoms with Gasteiger partial charge >= 0.3 is 58.4 Å². The second-order valence-electron chi connectivity index (χ2n) is 3.95. The Kier molecular flexibility index (Phi) is 7.64. The smallest absolute Gasteiger partial charge is 0.448 e. The molecule has 0 N–H and O–H groups in total. The van der Waals surface area contributed by atoms with Crippen LogP contribution in [0.15, 0.2) is 0 Å². The summed E-state index contributed by atoms with van der Waals surface area (Å²) in [7, 11) is 0. The SMILES string of the molecule is CCN1CCN(C[B-](F)(F)F)CC1C.[K+]. The van der Waals surface area contributed by atoms with Crippen LogP contribution < -0.4 is 51.4 Å². The molecule has 1 aliphatic rings. The first-order valence-corrected chi connectivity index (χ1v) is 5.09. The molecule has 7 heteroatoms. The monoisotopic (exact) mass is 248 g/mol. The first-order valence-electron chi connectivity index (χ1n) is 5.09. The Hall–Kier alpha value is 1.41. The minimum absolute atomic E-state index is 0. The Morgan fingerprint density at radius 1 is 1.27 bits per heavy atom. The molecular formula is C8H17BF3KN2. The molecule has 1 fully saturated rings. The summed E-state index contributed by atoms with van der Waals surface area (Å²) in [5.41, 5.74) is 0. The summed E-state index contributed by atoms with van der Waals surface area (Å²) in [6.07, 6.45) is -0.706. The van der Waals surface area contributed by atoms with E-state index in [1.54, 1.807) is 0 Å². The summed E-state index contributed by atoms with van der Waals surface area (Å²) in [5, 5.41) is 0. The van der Waals surface area contributed by atoms with Gasteiger partial charge in [-0.15, -0.1) is 0 Å². The van der Waals surface area contributed by atoms with Gasteiger partial charge in [-0.2, -0.15) is 0 Å². The molecule has 0 aromatic rings. The molecule has 0 radical (unpaired) electrons. The number of likely N-dealkylation sites (N-methyl/N-ethyl adjacent to an activating group) is 1. The Morgan fingerprint density at radius 3 is 2.27 bits per heavy atom. The van der Waals surface area contributed by atoms with Crippen LogP contribution in [0.25, 0.3) is 0 Å². The third-order valence-electron chi connectivity index (χ3n) is 2.72. The minimum atomic E-state index is -4.66. The van der Waals surface area contributed by atoms with Crippen LogP contribution in [0.1, 0.15) is 13.8 Å². The van der Waals surface area contributed by atoms with E-state index in [0.29, 0.717) is 13.1 Å². The summed E-state index contributed by atoms with van der Waals surface area (Å²) >= 11 is 0. The Labute approximate surface area is 132 Å². The molecule has 0 saturated carbocycles. The van der Waals surface area contributed by atoms with Crippen LogP contribution in [0.4, 0.5) is 12.9 Å². The molecule has 0 bridgehead atoms. The predicted molar refractivity (Wildman–Crippen MR) is 52.2 cm³/mol. The van der Waals surface area contributed by atoms with Crippen molar-refractivity contribution in [2.45, 2.75) is 19.9 Å². The number of hydrogen-bond acceptors (Lipinski definition) is 2. The van der Waals surface area contributed by atoms with Crippen LogP contribution in [0, 0.1) is 0 Å². The van der Waals surface area contributed by atoms with Gasteiger partial charge in [0.25, 0.3) is 0 Å². The van der Waals surface area contributed by atoms with Gasteiger partial charge in [0.05, 0.1) is 0 Å². The number of nitrogens with zero attached hydrogens (tertiary/aromatic N) is 2. The fraction of sp³-hybridized carbons (Fsp3) is 1.00. The first kappa shape index (κ1) is 16.4. The van der Waals surface area contributed by atoms with E-state index >= 15 is 0 Å². The fourth-order valence-electron chi connectivity index (χ4n) is 2.00. The van der Waals surface area contributed by atoms with Crippen molar-refractivity contribution in [1.82, 2.24) is 9.80 Å². The third-order valence-corrected chi connectivity index (χ3v) is 2.72. The van der Waals surface area contributed by atoms with Crippen molar-refractivity contribution in [2.75, 3.05) is 32.6 Å². The molecule has 0 aliphatic carbocycles. The van der Waals surface area contributed by atoms with Crippen molar-refractivity contribution >= 4 is 6.98 Å². The van der Waals surface area contributed by atoms with Crippen LogP contribution >= 0.6 is 0 Å². The van der Waals surface area contributed by atoms with Crippen LogP contribution in [0.5, 0.6) is 0 Å². The van der Waals surface area contributed by atoms with Gasteiger partial charge < -0.3 is 17.8 Å². The number of halogens is 3. The van der Waals surface area contributed by atoms with E-state index in [1.165, 1.54) is 4.90 Å². The molecule has 0 aromatic heterocycles. The van der Waals surface area contributed by atoms with Crippen molar-refractivity contribution < 1.29 is 64.3 Å². The molecule has 1 saturated heterocycles. The van der Waals surface area contributed by atoms with E-state index in [9.17, 15) is 12.9 Å². The predicted octanol–water partition coefficient (Wildman–Crippen LogP) is -1.60. The molecule has 1 rings (SSSR count). The van der Waals surface area contributed by atoms with Gasteiger partial charge in [-0.1, -0.05) is 6.92 Å². The normalized spacial score (nSPS) is 25.0. The van der Waals surface area contributed by atoms with Gasteiger partial charge in [0, 0.05) is 25.7 Å². The topological polar surface area (TPSA) is 6.48 Å². The van der Waals surface area contributed by atoms with Crippen molar-refractivity contribution in [1.29, 1.82) is 0 Å². The second kappa shape index (κ2) is 6.98. The average molecular weight is 248 g/mol. The molecule has 15 heavy (non-hydrogen) atoms. The zero-order valence-electron chi connectivity index (χ0n) is 9.72. The minimum Gasteiger partial charge on any atom is -0.448 e. The van der Waals surface area contributed by atoms with E-state index in [1.807, 2.05) is 13.8 Å². The molecule has 0 aromatic carbocycles. The quantitative estimate of drug-likeness (QED) is 0.555. The number of piperazine rings is 1. The summed E-state index contributed by atoms with van der Waals surface area (Å²) in [6.45, 7) is 2.12.